The van der Waals surface area contributed by atoms with Crippen LogP contribution in [0.3, 0.4) is 0 Å². The van der Waals surface area contributed by atoms with Gasteiger partial charge in [0.25, 0.3) is 0 Å². The van der Waals surface area contributed by atoms with Crippen LogP contribution in [0.1, 0.15) is 11.3 Å². The fourth-order valence-corrected chi connectivity index (χ4v) is 2.38. The van der Waals surface area contributed by atoms with Crippen LogP contribution in [0.2, 0.25) is 10.0 Å². The molecule has 22 heavy (non-hydrogen) atoms. The second-order valence-corrected chi connectivity index (χ2v) is 5.50. The monoisotopic (exact) mass is 337 g/mol. The zero-order valence-corrected chi connectivity index (χ0v) is 13.5. The van der Waals surface area contributed by atoms with Crippen molar-refractivity contribution in [1.82, 2.24) is 30.0 Å². The maximum Gasteiger partial charge on any atom is 0.248 e. The van der Waals surface area contributed by atoms with Crippen LogP contribution in [0.25, 0.3) is 5.69 Å². The molecule has 114 valence electrons. The number of hydrogen-bond acceptors (Lipinski definition) is 5. The van der Waals surface area contributed by atoms with E-state index in [-0.39, 0.29) is 0 Å². The van der Waals surface area contributed by atoms with Crippen LogP contribution >= 0.6 is 23.2 Å². The smallest absolute Gasteiger partial charge is 0.248 e. The number of anilines is 1. The van der Waals surface area contributed by atoms with Gasteiger partial charge in [0.05, 0.1) is 21.9 Å². The average Bonchev–Trinajstić information content (AvgIpc) is 3.09. The van der Waals surface area contributed by atoms with Gasteiger partial charge in [-0.1, -0.05) is 34.4 Å². The first kappa shape index (κ1) is 14.8. The highest BCUT2D eigenvalue weighted by atomic mass is 35.5. The van der Waals surface area contributed by atoms with E-state index in [4.69, 9.17) is 23.2 Å². The van der Waals surface area contributed by atoms with E-state index in [9.17, 15) is 0 Å². The molecule has 0 unspecified atom stereocenters. The third kappa shape index (κ3) is 2.65. The zero-order valence-electron chi connectivity index (χ0n) is 12.0. The predicted octanol–water partition coefficient (Wildman–Crippen LogP) is 2.62. The number of rotatable bonds is 4. The summed E-state index contributed by atoms with van der Waals surface area (Å²) >= 11 is 12.2. The number of tetrazole rings is 1. The van der Waals surface area contributed by atoms with Gasteiger partial charge in [0, 0.05) is 24.8 Å². The molecule has 0 amide bonds. The largest absolute Gasteiger partial charge is 0.349 e. The summed E-state index contributed by atoms with van der Waals surface area (Å²) in [6.45, 7) is 2.55. The van der Waals surface area contributed by atoms with Crippen LogP contribution < -0.4 is 5.32 Å². The van der Waals surface area contributed by atoms with Crippen molar-refractivity contribution in [2.45, 2.75) is 13.5 Å². The topological polar surface area (TPSA) is 73.5 Å². The Morgan fingerprint density at radius 2 is 2.09 bits per heavy atom. The molecule has 0 aliphatic rings. The first-order valence-corrected chi connectivity index (χ1v) is 7.27. The van der Waals surface area contributed by atoms with Crippen molar-refractivity contribution in [2.75, 3.05) is 5.32 Å². The Balaban J connectivity index is 1.86. The standard InChI is InChI=1S/C13H13Cl2N7/c1-8-9(7-17-21(8)2)6-16-13-18-19-20-22(13)11-5-3-4-10(14)12(11)15/h3-5,7H,6H2,1-2H3,(H,16,18,20). The molecule has 7 nitrogen and oxygen atoms in total. The maximum atomic E-state index is 6.21. The van der Waals surface area contributed by atoms with E-state index >= 15 is 0 Å². The molecular formula is C13H13Cl2N7. The van der Waals surface area contributed by atoms with Crippen molar-refractivity contribution < 1.29 is 0 Å². The molecule has 0 spiro atoms. The summed E-state index contributed by atoms with van der Waals surface area (Å²) in [5.74, 6) is 0.479. The molecule has 0 radical (unpaired) electrons. The Kier molecular flexibility index (Phi) is 4.00. The van der Waals surface area contributed by atoms with Crippen LogP contribution in [0.5, 0.6) is 0 Å². The third-order valence-electron chi connectivity index (χ3n) is 3.40. The molecule has 0 atom stereocenters. The Morgan fingerprint density at radius 1 is 1.27 bits per heavy atom. The second kappa shape index (κ2) is 5.94. The summed E-state index contributed by atoms with van der Waals surface area (Å²) in [4.78, 5) is 0. The average molecular weight is 338 g/mol. The quantitative estimate of drug-likeness (QED) is 0.792. The molecule has 2 heterocycles. The molecule has 1 N–H and O–H groups in total. The molecule has 0 saturated heterocycles. The van der Waals surface area contributed by atoms with Gasteiger partial charge < -0.3 is 5.32 Å². The molecule has 0 fully saturated rings. The van der Waals surface area contributed by atoms with Gasteiger partial charge in [-0.3, -0.25) is 4.68 Å². The Labute approximate surface area is 136 Å². The van der Waals surface area contributed by atoms with E-state index in [1.165, 1.54) is 4.68 Å². The lowest BCUT2D eigenvalue weighted by Crippen LogP contribution is -2.08. The summed E-state index contributed by atoms with van der Waals surface area (Å²) in [5.41, 5.74) is 2.76. The summed E-state index contributed by atoms with van der Waals surface area (Å²) in [6.07, 6.45) is 1.81. The number of halogens is 2. The molecule has 0 bridgehead atoms. The fraction of sp³-hybridized carbons (Fsp3) is 0.231. The van der Waals surface area contributed by atoms with Crippen LogP contribution in [0.15, 0.2) is 24.4 Å². The number of hydrogen-bond donors (Lipinski definition) is 1. The Morgan fingerprint density at radius 3 is 2.82 bits per heavy atom. The van der Waals surface area contributed by atoms with Crippen molar-refractivity contribution in [2.24, 2.45) is 7.05 Å². The zero-order chi connectivity index (χ0) is 15.7. The Bertz CT molecular complexity index is 809. The van der Waals surface area contributed by atoms with E-state index in [2.05, 4.69) is 25.9 Å². The lowest BCUT2D eigenvalue weighted by Gasteiger charge is -2.09. The van der Waals surface area contributed by atoms with Crippen LogP contribution in [0, 0.1) is 6.92 Å². The summed E-state index contributed by atoms with van der Waals surface area (Å²) < 4.78 is 3.33. The first-order valence-electron chi connectivity index (χ1n) is 6.52. The summed E-state index contributed by atoms with van der Waals surface area (Å²) in [7, 11) is 1.90. The van der Waals surface area contributed by atoms with Gasteiger partial charge in [-0.2, -0.15) is 9.78 Å². The lowest BCUT2D eigenvalue weighted by molar-refractivity contribution is 0.738. The lowest BCUT2D eigenvalue weighted by atomic mass is 10.2. The highest BCUT2D eigenvalue weighted by Crippen LogP contribution is 2.29. The molecule has 0 saturated carbocycles. The molecular weight excluding hydrogens is 325 g/mol. The van der Waals surface area contributed by atoms with Crippen molar-refractivity contribution in [1.29, 1.82) is 0 Å². The van der Waals surface area contributed by atoms with E-state index in [1.54, 1.807) is 18.2 Å². The van der Waals surface area contributed by atoms with Crippen molar-refractivity contribution in [3.63, 3.8) is 0 Å². The van der Waals surface area contributed by atoms with Crippen LogP contribution in [-0.2, 0) is 13.6 Å². The maximum absolute atomic E-state index is 6.21. The second-order valence-electron chi connectivity index (χ2n) is 4.72. The van der Waals surface area contributed by atoms with E-state index in [1.807, 2.05) is 24.9 Å². The van der Waals surface area contributed by atoms with Crippen molar-refractivity contribution >= 4 is 29.2 Å². The molecule has 1 aromatic carbocycles. The van der Waals surface area contributed by atoms with E-state index in [0.717, 1.165) is 11.3 Å². The molecule has 3 aromatic rings. The van der Waals surface area contributed by atoms with Gasteiger partial charge in [0.15, 0.2) is 0 Å². The number of nitrogens with one attached hydrogen (secondary N) is 1. The van der Waals surface area contributed by atoms with Crippen LogP contribution in [-0.4, -0.2) is 30.0 Å². The molecule has 2 aromatic heterocycles. The van der Waals surface area contributed by atoms with Gasteiger partial charge in [0.2, 0.25) is 5.95 Å². The van der Waals surface area contributed by atoms with Crippen molar-refractivity contribution in [3.8, 4) is 5.69 Å². The number of nitrogens with zero attached hydrogens (tertiary/aromatic N) is 6. The predicted molar refractivity (Wildman–Crippen MR) is 84.4 cm³/mol. The number of aromatic nitrogens is 6. The highest BCUT2D eigenvalue weighted by molar-refractivity contribution is 6.43. The minimum atomic E-state index is 0.400. The van der Waals surface area contributed by atoms with Gasteiger partial charge >= 0.3 is 0 Å². The van der Waals surface area contributed by atoms with Crippen molar-refractivity contribution in [3.05, 3.63) is 45.7 Å². The number of aryl methyl sites for hydroxylation is 1. The molecule has 9 heteroatoms. The first-order chi connectivity index (χ1) is 10.6. The Hall–Kier alpha value is -2.12. The van der Waals surface area contributed by atoms with Crippen LogP contribution in [0.4, 0.5) is 5.95 Å². The van der Waals surface area contributed by atoms with Gasteiger partial charge in [-0.15, -0.1) is 0 Å². The van der Waals surface area contributed by atoms with E-state index in [0.29, 0.717) is 28.2 Å². The van der Waals surface area contributed by atoms with E-state index < -0.39 is 0 Å². The molecule has 0 aliphatic carbocycles. The summed E-state index contributed by atoms with van der Waals surface area (Å²) in [6, 6.07) is 5.30. The third-order valence-corrected chi connectivity index (χ3v) is 4.21. The molecule has 3 rings (SSSR count). The minimum Gasteiger partial charge on any atom is -0.349 e. The number of benzene rings is 1. The van der Waals surface area contributed by atoms with Gasteiger partial charge in [0.1, 0.15) is 0 Å². The summed E-state index contributed by atoms with van der Waals surface area (Å²) in [5, 5.41) is 19.9. The van der Waals surface area contributed by atoms with Gasteiger partial charge in [-0.25, -0.2) is 0 Å². The molecule has 0 aliphatic heterocycles. The SMILES string of the molecule is Cc1c(CNc2nnnn2-c2cccc(Cl)c2Cl)cnn1C. The fourth-order valence-electron chi connectivity index (χ4n) is 2.01. The normalized spacial score (nSPS) is 10.9. The highest BCUT2D eigenvalue weighted by Gasteiger charge is 2.13. The van der Waals surface area contributed by atoms with Gasteiger partial charge in [-0.05, 0) is 29.5 Å². The minimum absolute atomic E-state index is 0.400.